The Balaban J connectivity index is 1.55. The first-order chi connectivity index (χ1) is 23.3. The van der Waals surface area contributed by atoms with E-state index >= 15 is 0 Å². The van der Waals surface area contributed by atoms with Gasteiger partial charge in [-0.3, -0.25) is 33.2 Å². The van der Waals surface area contributed by atoms with Gasteiger partial charge in [-0.25, -0.2) is 0 Å². The number of benzene rings is 2. The highest BCUT2D eigenvalue weighted by atomic mass is 32.2. The molecule has 3 aliphatic heterocycles. The van der Waals surface area contributed by atoms with Crippen molar-refractivity contribution in [3.63, 3.8) is 0 Å². The average molecular weight is 715 g/mol. The minimum atomic E-state index is -4.31. The van der Waals surface area contributed by atoms with E-state index in [0.29, 0.717) is 33.1 Å². The maximum Gasteiger partial charge on any atom is 0.323 e. The van der Waals surface area contributed by atoms with Crippen LogP contribution in [0, 0.1) is 0 Å². The quantitative estimate of drug-likeness (QED) is 0.146. The van der Waals surface area contributed by atoms with E-state index in [4.69, 9.17) is 30.8 Å². The Morgan fingerprint density at radius 1 is 0.980 bits per heavy atom. The Hall–Kier alpha value is -5.66. The van der Waals surface area contributed by atoms with E-state index in [1.165, 1.54) is 6.08 Å². The first kappa shape index (κ1) is 33.2. The summed E-state index contributed by atoms with van der Waals surface area (Å²) in [6.45, 7) is -1.71. The van der Waals surface area contributed by atoms with Crippen molar-refractivity contribution in [2.45, 2.75) is 19.4 Å². The number of allylic oxidation sites excluding steroid dienone is 1. The zero-order valence-corrected chi connectivity index (χ0v) is 26.8. The molecule has 0 atom stereocenters. The number of carboxylic acids is 2. The molecular formula is C30H26N4O13S2. The second kappa shape index (κ2) is 13.1. The van der Waals surface area contributed by atoms with E-state index in [1.54, 1.807) is 47.4 Å². The highest BCUT2D eigenvalue weighted by molar-refractivity contribution is 7.85. The third-order valence-electron chi connectivity index (χ3n) is 7.44. The number of ether oxygens (including phenoxy) is 3. The molecule has 256 valence electrons. The van der Waals surface area contributed by atoms with Gasteiger partial charge in [0, 0.05) is 30.7 Å². The lowest BCUT2D eigenvalue weighted by atomic mass is 10.0. The minimum absolute atomic E-state index is 0.0185. The third-order valence-corrected chi connectivity index (χ3v) is 8.57. The molecule has 3 aliphatic rings. The summed E-state index contributed by atoms with van der Waals surface area (Å²) in [5.41, 5.74) is -0.757. The molecule has 1 fully saturated rings. The lowest BCUT2D eigenvalue weighted by molar-refractivity contribution is -0.140. The van der Waals surface area contributed by atoms with Gasteiger partial charge in [-0.1, -0.05) is 30.3 Å². The predicted octanol–water partition coefficient (Wildman–Crippen LogP) is -0.424. The van der Waals surface area contributed by atoms with Crippen LogP contribution in [0.3, 0.4) is 0 Å². The molecule has 3 aromatic rings. The van der Waals surface area contributed by atoms with Gasteiger partial charge in [-0.15, -0.1) is 0 Å². The number of nitrogens with one attached hydrogen (secondary N) is 1. The van der Waals surface area contributed by atoms with Crippen molar-refractivity contribution in [2.75, 3.05) is 30.5 Å². The fourth-order valence-corrected chi connectivity index (χ4v) is 6.11. The number of aromatic nitrogens is 1. The Labute approximate surface area is 281 Å². The van der Waals surface area contributed by atoms with Crippen molar-refractivity contribution in [1.29, 1.82) is 0 Å². The van der Waals surface area contributed by atoms with Crippen LogP contribution in [0.1, 0.15) is 12.0 Å². The van der Waals surface area contributed by atoms with Crippen molar-refractivity contribution in [2.24, 2.45) is 0 Å². The van der Waals surface area contributed by atoms with Crippen LogP contribution in [0.25, 0.3) is 11.8 Å². The van der Waals surface area contributed by atoms with Gasteiger partial charge in [0.15, 0.2) is 33.5 Å². The number of amides is 1. The van der Waals surface area contributed by atoms with Gasteiger partial charge in [0.05, 0.1) is 11.4 Å². The smallest absolute Gasteiger partial charge is 0.323 e. The summed E-state index contributed by atoms with van der Waals surface area (Å²) in [4.78, 5) is 52.3. The van der Waals surface area contributed by atoms with Crippen LogP contribution in [-0.4, -0.2) is 81.2 Å². The second-order valence-corrected chi connectivity index (χ2v) is 12.8. The number of oxazole rings is 1. The molecule has 1 amide bonds. The SMILES string of the molecule is O=C(O)CN1C(=O)/C(=c2/o/c(=C/C(Cc3ccccc3)=C3\Oc4cc5c(cc4N3CCCS(=O)(=O)O)OCO5)c(=O)n2CC(=O)O)NC1=S. The molecule has 1 aromatic heterocycles. The van der Waals surface area contributed by atoms with Crippen LogP contribution < -0.4 is 40.9 Å². The van der Waals surface area contributed by atoms with Crippen LogP contribution in [-0.2, 0) is 37.5 Å². The van der Waals surface area contributed by atoms with Gasteiger partial charge < -0.3 is 39.1 Å². The average Bonchev–Trinajstić information content (AvgIpc) is 3.77. The Kier molecular flexibility index (Phi) is 8.88. The summed E-state index contributed by atoms with van der Waals surface area (Å²) in [5, 5.41) is 21.0. The molecule has 4 heterocycles. The molecule has 1 saturated heterocycles. The first-order valence-electron chi connectivity index (χ1n) is 14.4. The van der Waals surface area contributed by atoms with E-state index in [9.17, 15) is 42.4 Å². The van der Waals surface area contributed by atoms with Crippen LogP contribution in [0.5, 0.6) is 17.2 Å². The number of thiocarbonyl (C=S) groups is 1. The van der Waals surface area contributed by atoms with E-state index in [2.05, 4.69) is 5.32 Å². The zero-order valence-electron chi connectivity index (χ0n) is 25.2. The van der Waals surface area contributed by atoms with Crippen molar-refractivity contribution in [3.8, 4) is 17.2 Å². The summed E-state index contributed by atoms with van der Waals surface area (Å²) >= 11 is 5.09. The van der Waals surface area contributed by atoms with Gasteiger partial charge in [-0.2, -0.15) is 8.42 Å². The number of carboxylic acid groups (broad SMARTS) is 2. The van der Waals surface area contributed by atoms with Crippen molar-refractivity contribution < 1.29 is 56.2 Å². The molecular weight excluding hydrogens is 688 g/mol. The maximum atomic E-state index is 13.7. The molecule has 19 heteroatoms. The standard InChI is InChI=1S/C30H26N4O13S2/c35-23(36)13-33-26(39)22(47-29(33)25-27(40)34(14-24(37)38)30(48)31-25)10-17(9-16-5-2-1-3-6-16)28-32(7-4-8-49(41,42)43)18-11-20-21(45-15-44-20)12-19(18)46-28/h1-3,5-6,10-12H,4,7-9,13-15H2,(H,31,48)(H,35,36)(H,37,38)(H,41,42,43)/b22-10+,28-17-,29-25-. The molecule has 0 unspecified atom stereocenters. The summed E-state index contributed by atoms with van der Waals surface area (Å²) in [5.74, 6) is -3.04. The normalized spacial score (nSPS) is 17.7. The van der Waals surface area contributed by atoms with Crippen molar-refractivity contribution in [1.82, 2.24) is 14.8 Å². The fraction of sp³-hybridized carbons (Fsp3) is 0.233. The number of carbonyl (C=O) groups excluding carboxylic acids is 1. The molecule has 17 nitrogen and oxygen atoms in total. The Bertz CT molecular complexity index is 2230. The monoisotopic (exact) mass is 714 g/mol. The number of rotatable bonds is 11. The number of carbonyl (C=O) groups is 3. The van der Waals surface area contributed by atoms with Crippen LogP contribution in [0.15, 0.2) is 63.1 Å². The molecule has 6 rings (SSSR count). The molecule has 2 aromatic carbocycles. The minimum Gasteiger partial charge on any atom is -0.480 e. The molecule has 0 saturated carbocycles. The van der Waals surface area contributed by atoms with Crippen LogP contribution >= 0.6 is 12.2 Å². The first-order valence-corrected chi connectivity index (χ1v) is 16.4. The van der Waals surface area contributed by atoms with E-state index in [1.807, 2.05) is 0 Å². The van der Waals surface area contributed by atoms with Gasteiger partial charge in [0.25, 0.3) is 21.6 Å². The van der Waals surface area contributed by atoms with E-state index in [-0.39, 0.29) is 37.2 Å². The van der Waals surface area contributed by atoms with Crippen molar-refractivity contribution in [3.05, 3.63) is 80.8 Å². The summed E-state index contributed by atoms with van der Waals surface area (Å²) in [7, 11) is -4.31. The highest BCUT2D eigenvalue weighted by Crippen LogP contribution is 2.48. The molecule has 49 heavy (non-hydrogen) atoms. The predicted molar refractivity (Wildman–Crippen MR) is 172 cm³/mol. The van der Waals surface area contributed by atoms with Crippen LogP contribution in [0.2, 0.25) is 0 Å². The molecule has 0 aliphatic carbocycles. The van der Waals surface area contributed by atoms with E-state index < -0.39 is 69.0 Å². The van der Waals surface area contributed by atoms with Gasteiger partial charge >= 0.3 is 11.9 Å². The van der Waals surface area contributed by atoms with Crippen molar-refractivity contribution >= 4 is 62.8 Å². The number of nitrogens with zero attached hydrogens (tertiary/aromatic N) is 3. The highest BCUT2D eigenvalue weighted by Gasteiger charge is 2.36. The van der Waals surface area contributed by atoms with Gasteiger partial charge in [-0.05, 0) is 30.3 Å². The molecule has 0 radical (unpaired) electrons. The number of fused-ring (bicyclic) bond motifs is 2. The molecule has 0 spiro atoms. The Morgan fingerprint density at radius 2 is 1.67 bits per heavy atom. The Morgan fingerprint density at radius 3 is 2.35 bits per heavy atom. The third kappa shape index (κ3) is 6.98. The molecule has 4 N–H and O–H groups in total. The van der Waals surface area contributed by atoms with E-state index in [0.717, 1.165) is 10.5 Å². The topological polar surface area (TPSA) is 227 Å². The number of anilines is 1. The zero-order chi connectivity index (χ0) is 35.0. The number of hydrogen-bond donors (Lipinski definition) is 4. The number of hydrogen-bond acceptors (Lipinski definition) is 12. The summed E-state index contributed by atoms with van der Waals surface area (Å²) in [6.07, 6.45) is 1.39. The lowest BCUT2D eigenvalue weighted by Gasteiger charge is -2.20. The van der Waals surface area contributed by atoms with Gasteiger partial charge in [0.2, 0.25) is 18.2 Å². The lowest BCUT2D eigenvalue weighted by Crippen LogP contribution is -2.37. The second-order valence-electron chi connectivity index (χ2n) is 10.9. The van der Waals surface area contributed by atoms with Crippen LogP contribution in [0.4, 0.5) is 5.69 Å². The maximum absolute atomic E-state index is 13.7. The fourth-order valence-electron chi connectivity index (χ4n) is 5.37. The summed E-state index contributed by atoms with van der Waals surface area (Å²) in [6, 6.07) is 12.2. The van der Waals surface area contributed by atoms with Gasteiger partial charge in [0.1, 0.15) is 13.1 Å². The molecule has 0 bridgehead atoms. The largest absolute Gasteiger partial charge is 0.480 e. The number of aliphatic carboxylic acids is 2. The summed E-state index contributed by atoms with van der Waals surface area (Å²) < 4.78 is 56.4.